The average Bonchev–Trinajstić information content (AvgIpc) is 3.10. The third-order valence-corrected chi connectivity index (χ3v) is 3.59. The molecule has 0 bridgehead atoms. The Balaban J connectivity index is 1.97. The van der Waals surface area contributed by atoms with Crippen LogP contribution in [-0.4, -0.2) is 12.5 Å². The van der Waals surface area contributed by atoms with Crippen molar-refractivity contribution in [1.29, 1.82) is 0 Å². The number of halogens is 1. The normalized spacial score (nSPS) is 16.6. The number of benzene rings is 1. The molecule has 1 saturated carbocycles. The summed E-state index contributed by atoms with van der Waals surface area (Å²) in [6.07, 6.45) is 3.41. The molecule has 1 amide bonds. The third-order valence-electron chi connectivity index (χ3n) is 3.59. The Morgan fingerprint density at radius 3 is 2.76 bits per heavy atom. The SMILES string of the molecule is CCC1(CNC(=O)c2ccc(N)c(F)c2)CC1. The number of anilines is 1. The molecule has 17 heavy (non-hydrogen) atoms. The largest absolute Gasteiger partial charge is 0.396 e. The molecule has 0 aromatic heterocycles. The maximum absolute atomic E-state index is 13.2. The molecule has 0 saturated heterocycles. The summed E-state index contributed by atoms with van der Waals surface area (Å²) < 4.78 is 13.2. The lowest BCUT2D eigenvalue weighted by Crippen LogP contribution is -2.30. The van der Waals surface area contributed by atoms with Gasteiger partial charge in [0, 0.05) is 12.1 Å². The molecule has 1 aliphatic carbocycles. The minimum absolute atomic E-state index is 0.0637. The maximum Gasteiger partial charge on any atom is 0.251 e. The van der Waals surface area contributed by atoms with Crippen LogP contribution in [-0.2, 0) is 0 Å². The number of hydrogen-bond donors (Lipinski definition) is 2. The van der Waals surface area contributed by atoms with Crippen molar-refractivity contribution in [2.75, 3.05) is 12.3 Å². The molecule has 1 aromatic rings. The lowest BCUT2D eigenvalue weighted by atomic mass is 10.0. The van der Waals surface area contributed by atoms with Gasteiger partial charge in [0.05, 0.1) is 5.69 Å². The van der Waals surface area contributed by atoms with Gasteiger partial charge in [-0.2, -0.15) is 0 Å². The number of carbonyl (C=O) groups is 1. The highest BCUT2D eigenvalue weighted by atomic mass is 19.1. The molecule has 0 aliphatic heterocycles. The van der Waals surface area contributed by atoms with E-state index in [-0.39, 0.29) is 11.6 Å². The predicted molar refractivity (Wildman–Crippen MR) is 65.1 cm³/mol. The number of nitrogens with one attached hydrogen (secondary N) is 1. The lowest BCUT2D eigenvalue weighted by molar-refractivity contribution is 0.0944. The van der Waals surface area contributed by atoms with Crippen molar-refractivity contribution in [3.63, 3.8) is 0 Å². The highest BCUT2D eigenvalue weighted by molar-refractivity contribution is 5.94. The third kappa shape index (κ3) is 2.57. The zero-order chi connectivity index (χ0) is 12.5. The van der Waals surface area contributed by atoms with Gasteiger partial charge in [0.1, 0.15) is 5.82 Å². The maximum atomic E-state index is 13.2. The monoisotopic (exact) mass is 236 g/mol. The Kier molecular flexibility index (Phi) is 3.05. The Bertz CT molecular complexity index is 441. The van der Waals surface area contributed by atoms with Crippen LogP contribution in [0.15, 0.2) is 18.2 Å². The van der Waals surface area contributed by atoms with Crippen LogP contribution in [0.5, 0.6) is 0 Å². The van der Waals surface area contributed by atoms with Crippen LogP contribution in [0, 0.1) is 11.2 Å². The molecule has 0 heterocycles. The van der Waals surface area contributed by atoms with E-state index in [9.17, 15) is 9.18 Å². The molecule has 1 aromatic carbocycles. The Morgan fingerprint density at radius 2 is 2.24 bits per heavy atom. The van der Waals surface area contributed by atoms with E-state index in [4.69, 9.17) is 5.73 Å². The molecule has 0 radical (unpaired) electrons. The second kappa shape index (κ2) is 4.35. The summed E-state index contributed by atoms with van der Waals surface area (Å²) in [6, 6.07) is 4.13. The molecule has 0 unspecified atom stereocenters. The van der Waals surface area contributed by atoms with Crippen molar-refractivity contribution in [2.45, 2.75) is 26.2 Å². The molecule has 1 fully saturated rings. The van der Waals surface area contributed by atoms with Crippen molar-refractivity contribution in [2.24, 2.45) is 5.41 Å². The molecule has 0 spiro atoms. The molecule has 3 N–H and O–H groups in total. The number of amides is 1. The van der Waals surface area contributed by atoms with Crippen LogP contribution in [0.25, 0.3) is 0 Å². The highest BCUT2D eigenvalue weighted by Crippen LogP contribution is 2.47. The summed E-state index contributed by atoms with van der Waals surface area (Å²) in [4.78, 5) is 11.8. The molecule has 2 rings (SSSR count). The van der Waals surface area contributed by atoms with Gasteiger partial charge in [0.25, 0.3) is 5.91 Å². The summed E-state index contributed by atoms with van der Waals surface area (Å²) in [5.74, 6) is -0.780. The quantitative estimate of drug-likeness (QED) is 0.788. The van der Waals surface area contributed by atoms with Crippen molar-refractivity contribution in [3.8, 4) is 0 Å². The first-order valence-electron chi connectivity index (χ1n) is 5.89. The zero-order valence-electron chi connectivity index (χ0n) is 9.92. The average molecular weight is 236 g/mol. The van der Waals surface area contributed by atoms with E-state index in [0.717, 1.165) is 6.42 Å². The summed E-state index contributed by atoms with van der Waals surface area (Å²) in [6.45, 7) is 2.80. The molecule has 4 heteroatoms. The van der Waals surface area contributed by atoms with Crippen molar-refractivity contribution < 1.29 is 9.18 Å². The van der Waals surface area contributed by atoms with Crippen LogP contribution in [0.4, 0.5) is 10.1 Å². The molecule has 0 atom stereocenters. The van der Waals surface area contributed by atoms with E-state index in [1.54, 1.807) is 6.07 Å². The van der Waals surface area contributed by atoms with Crippen molar-refractivity contribution in [3.05, 3.63) is 29.6 Å². The molecular weight excluding hydrogens is 219 g/mol. The topological polar surface area (TPSA) is 55.1 Å². The number of rotatable bonds is 4. The fourth-order valence-electron chi connectivity index (χ4n) is 1.87. The molecule has 3 nitrogen and oxygen atoms in total. The fraction of sp³-hybridized carbons (Fsp3) is 0.462. The first-order chi connectivity index (χ1) is 8.06. The Hall–Kier alpha value is -1.58. The van der Waals surface area contributed by atoms with Crippen LogP contribution < -0.4 is 11.1 Å². The summed E-state index contributed by atoms with van der Waals surface area (Å²) in [7, 11) is 0. The van der Waals surface area contributed by atoms with Crippen molar-refractivity contribution >= 4 is 11.6 Å². The van der Waals surface area contributed by atoms with Gasteiger partial charge < -0.3 is 11.1 Å². The minimum Gasteiger partial charge on any atom is -0.396 e. The van der Waals surface area contributed by atoms with Crippen LogP contribution >= 0.6 is 0 Å². The Labute approximate surface area is 100 Å². The van der Waals surface area contributed by atoms with Gasteiger partial charge in [-0.3, -0.25) is 4.79 Å². The molecule has 1 aliphatic rings. The van der Waals surface area contributed by atoms with E-state index in [2.05, 4.69) is 12.2 Å². The number of carbonyl (C=O) groups excluding carboxylic acids is 1. The minimum atomic E-state index is -0.547. The molecule has 92 valence electrons. The van der Waals surface area contributed by atoms with Gasteiger partial charge in [0.2, 0.25) is 0 Å². The van der Waals surface area contributed by atoms with E-state index in [1.807, 2.05) is 0 Å². The van der Waals surface area contributed by atoms with Gasteiger partial charge in [-0.15, -0.1) is 0 Å². The van der Waals surface area contributed by atoms with Gasteiger partial charge >= 0.3 is 0 Å². The number of nitrogens with two attached hydrogens (primary N) is 1. The number of nitrogen functional groups attached to an aromatic ring is 1. The fourth-order valence-corrected chi connectivity index (χ4v) is 1.87. The second-order valence-corrected chi connectivity index (χ2v) is 4.77. The summed E-state index contributed by atoms with van der Waals surface area (Å²) in [5.41, 5.74) is 6.04. The van der Waals surface area contributed by atoms with Gasteiger partial charge in [0.15, 0.2) is 0 Å². The van der Waals surface area contributed by atoms with Crippen LogP contribution in [0.1, 0.15) is 36.5 Å². The standard InChI is InChI=1S/C13H17FN2O/c1-2-13(5-6-13)8-16-12(17)9-3-4-11(15)10(14)7-9/h3-4,7H,2,5-6,8,15H2,1H3,(H,16,17). The van der Waals surface area contributed by atoms with Gasteiger partial charge in [-0.1, -0.05) is 6.92 Å². The van der Waals surface area contributed by atoms with Gasteiger partial charge in [-0.25, -0.2) is 4.39 Å². The van der Waals surface area contributed by atoms with E-state index in [0.29, 0.717) is 17.5 Å². The zero-order valence-corrected chi connectivity index (χ0v) is 9.92. The van der Waals surface area contributed by atoms with E-state index < -0.39 is 5.82 Å². The summed E-state index contributed by atoms with van der Waals surface area (Å²) >= 11 is 0. The second-order valence-electron chi connectivity index (χ2n) is 4.77. The highest BCUT2D eigenvalue weighted by Gasteiger charge is 2.40. The molecular formula is C13H17FN2O. The first kappa shape index (κ1) is 11.9. The summed E-state index contributed by atoms with van der Waals surface area (Å²) in [5, 5.41) is 2.85. The van der Waals surface area contributed by atoms with E-state index in [1.165, 1.54) is 25.0 Å². The smallest absolute Gasteiger partial charge is 0.251 e. The van der Waals surface area contributed by atoms with E-state index >= 15 is 0 Å². The van der Waals surface area contributed by atoms with Crippen molar-refractivity contribution in [1.82, 2.24) is 5.32 Å². The van der Waals surface area contributed by atoms with Crippen LogP contribution in [0.2, 0.25) is 0 Å². The Morgan fingerprint density at radius 1 is 1.53 bits per heavy atom. The van der Waals surface area contributed by atoms with Gasteiger partial charge in [-0.05, 0) is 42.9 Å². The number of hydrogen-bond acceptors (Lipinski definition) is 2. The predicted octanol–water partition coefficient (Wildman–Crippen LogP) is 2.33. The van der Waals surface area contributed by atoms with Crippen LogP contribution in [0.3, 0.4) is 0 Å². The first-order valence-corrected chi connectivity index (χ1v) is 5.89. The lowest BCUT2D eigenvalue weighted by Gasteiger charge is -2.13.